The van der Waals surface area contributed by atoms with Crippen LogP contribution >= 0.6 is 0 Å². The Morgan fingerprint density at radius 2 is 1.80 bits per heavy atom. The van der Waals surface area contributed by atoms with Crippen LogP contribution in [0.5, 0.6) is 0 Å². The monoisotopic (exact) mass is 278 g/mol. The first kappa shape index (κ1) is 15.9. The lowest BCUT2D eigenvalue weighted by Crippen LogP contribution is -2.46. The zero-order valence-electron chi connectivity index (χ0n) is 11.2. The molecule has 0 spiro atoms. The summed E-state index contributed by atoms with van der Waals surface area (Å²) >= 11 is 0. The van der Waals surface area contributed by atoms with Gasteiger partial charge in [-0.3, -0.25) is 14.9 Å². The third-order valence-corrected chi connectivity index (χ3v) is 3.17. The fourth-order valence-corrected chi connectivity index (χ4v) is 1.93. The van der Waals surface area contributed by atoms with Crippen LogP contribution < -0.4 is 5.32 Å². The molecule has 1 fully saturated rings. The van der Waals surface area contributed by atoms with Gasteiger partial charge in [0, 0.05) is 13.1 Å². The van der Waals surface area contributed by atoms with Gasteiger partial charge in [-0.15, -0.1) is 0 Å². The summed E-state index contributed by atoms with van der Waals surface area (Å²) in [6.07, 6.45) is 2.12. The number of carbonyl (C=O) groups excluding carboxylic acids is 1. The van der Waals surface area contributed by atoms with Crippen molar-refractivity contribution in [1.82, 2.24) is 10.2 Å². The third kappa shape index (κ3) is 5.25. The molecule has 7 nitrogen and oxygen atoms in total. The number of rotatable bonds is 9. The fraction of sp³-hybridized carbons (Fsp3) is 0.692. The Morgan fingerprint density at radius 3 is 2.20 bits per heavy atom. The molecule has 2 N–H and O–H groups in total. The van der Waals surface area contributed by atoms with Gasteiger partial charge in [0.25, 0.3) is 0 Å². The second-order valence-corrected chi connectivity index (χ2v) is 4.73. The van der Waals surface area contributed by atoms with Crippen molar-refractivity contribution in [2.75, 3.05) is 19.6 Å². The standard InChI is InChI=1S/C13H18N4O3/c14-5-1-7-17(8-2-6-15)11(18)9-16-12(13(19)20)10-3-4-10/h10,12,16H,1-4,7-9H2,(H,19,20). The number of carboxylic acid groups (broad SMARTS) is 1. The molecule has 20 heavy (non-hydrogen) atoms. The van der Waals surface area contributed by atoms with E-state index in [0.717, 1.165) is 12.8 Å². The number of amides is 1. The number of nitriles is 2. The molecule has 0 aromatic rings. The van der Waals surface area contributed by atoms with Crippen molar-refractivity contribution in [3.63, 3.8) is 0 Å². The van der Waals surface area contributed by atoms with Gasteiger partial charge < -0.3 is 10.0 Å². The predicted molar refractivity (Wildman–Crippen MR) is 69.2 cm³/mol. The number of hydrogen-bond donors (Lipinski definition) is 2. The highest BCUT2D eigenvalue weighted by molar-refractivity contribution is 5.80. The van der Waals surface area contributed by atoms with Gasteiger partial charge in [0.15, 0.2) is 0 Å². The summed E-state index contributed by atoms with van der Waals surface area (Å²) in [7, 11) is 0. The maximum absolute atomic E-state index is 12.0. The Kier molecular flexibility index (Phi) is 6.48. The molecule has 1 saturated carbocycles. The number of carbonyl (C=O) groups is 2. The highest BCUT2D eigenvalue weighted by Gasteiger charge is 2.36. The summed E-state index contributed by atoms with van der Waals surface area (Å²) in [5, 5.41) is 28.9. The minimum atomic E-state index is -0.944. The summed E-state index contributed by atoms with van der Waals surface area (Å²) in [5.74, 6) is -1.12. The molecule has 0 saturated heterocycles. The molecule has 0 heterocycles. The lowest BCUT2D eigenvalue weighted by atomic mass is 10.2. The molecule has 1 amide bonds. The Bertz CT molecular complexity index is 416. The van der Waals surface area contributed by atoms with Gasteiger partial charge >= 0.3 is 5.97 Å². The summed E-state index contributed by atoms with van der Waals surface area (Å²) in [4.78, 5) is 24.4. The molecule has 0 aliphatic heterocycles. The molecule has 7 heteroatoms. The van der Waals surface area contributed by atoms with Crippen LogP contribution in [0.4, 0.5) is 0 Å². The summed E-state index contributed by atoms with van der Waals surface area (Å²) in [5.41, 5.74) is 0. The van der Waals surface area contributed by atoms with E-state index in [0.29, 0.717) is 0 Å². The van der Waals surface area contributed by atoms with Crippen molar-refractivity contribution in [2.24, 2.45) is 5.92 Å². The molecule has 1 rings (SSSR count). The minimum Gasteiger partial charge on any atom is -0.480 e. The van der Waals surface area contributed by atoms with Gasteiger partial charge in [-0.1, -0.05) is 0 Å². The maximum atomic E-state index is 12.0. The van der Waals surface area contributed by atoms with Crippen LogP contribution in [0, 0.1) is 28.6 Å². The molecule has 1 aliphatic rings. The van der Waals surface area contributed by atoms with Crippen LogP contribution in [0.3, 0.4) is 0 Å². The second kappa shape index (κ2) is 8.13. The van der Waals surface area contributed by atoms with Crippen LogP contribution in [0.1, 0.15) is 25.7 Å². The van der Waals surface area contributed by atoms with E-state index in [4.69, 9.17) is 15.6 Å². The molecule has 0 bridgehead atoms. The van der Waals surface area contributed by atoms with Crippen molar-refractivity contribution in [3.8, 4) is 12.1 Å². The second-order valence-electron chi connectivity index (χ2n) is 4.73. The van der Waals surface area contributed by atoms with Gasteiger partial charge in [-0.05, 0) is 18.8 Å². The summed E-state index contributed by atoms with van der Waals surface area (Å²) < 4.78 is 0. The van der Waals surface area contributed by atoms with Crippen molar-refractivity contribution in [1.29, 1.82) is 10.5 Å². The molecule has 108 valence electrons. The topological polar surface area (TPSA) is 117 Å². The van der Waals surface area contributed by atoms with Gasteiger partial charge in [0.1, 0.15) is 6.04 Å². The first-order chi connectivity index (χ1) is 9.60. The number of hydrogen-bond acceptors (Lipinski definition) is 5. The van der Waals surface area contributed by atoms with Crippen molar-refractivity contribution >= 4 is 11.9 Å². The number of nitrogens with zero attached hydrogens (tertiary/aromatic N) is 3. The van der Waals surface area contributed by atoms with E-state index in [9.17, 15) is 9.59 Å². The summed E-state index contributed by atoms with van der Waals surface area (Å²) in [6.45, 7) is 0.448. The number of carboxylic acids is 1. The number of nitrogens with one attached hydrogen (secondary N) is 1. The van der Waals surface area contributed by atoms with E-state index < -0.39 is 12.0 Å². The van der Waals surface area contributed by atoms with Crippen LogP contribution in [0.15, 0.2) is 0 Å². The Hall–Kier alpha value is -2.12. The van der Waals surface area contributed by atoms with Crippen molar-refractivity contribution < 1.29 is 14.7 Å². The van der Waals surface area contributed by atoms with E-state index in [1.54, 1.807) is 0 Å². The lowest BCUT2D eigenvalue weighted by Gasteiger charge is -2.22. The average molecular weight is 278 g/mol. The van der Waals surface area contributed by atoms with Gasteiger partial charge in [-0.2, -0.15) is 10.5 Å². The Labute approximate surface area is 117 Å². The number of aliphatic carboxylic acids is 1. The zero-order valence-corrected chi connectivity index (χ0v) is 11.2. The molecule has 1 unspecified atom stereocenters. The molecule has 1 atom stereocenters. The largest absolute Gasteiger partial charge is 0.480 e. The SMILES string of the molecule is N#CCCN(CCC#N)C(=O)CNC(C(=O)O)C1CC1. The van der Waals surface area contributed by atoms with E-state index in [1.165, 1.54) is 4.90 Å². The van der Waals surface area contributed by atoms with E-state index in [1.807, 2.05) is 12.1 Å². The van der Waals surface area contributed by atoms with Gasteiger partial charge in [0.2, 0.25) is 5.91 Å². The van der Waals surface area contributed by atoms with Crippen LogP contribution in [-0.2, 0) is 9.59 Å². The maximum Gasteiger partial charge on any atom is 0.320 e. The van der Waals surface area contributed by atoms with Crippen LogP contribution in [-0.4, -0.2) is 47.6 Å². The van der Waals surface area contributed by atoms with Gasteiger partial charge in [0.05, 0.1) is 31.5 Å². The van der Waals surface area contributed by atoms with E-state index >= 15 is 0 Å². The van der Waals surface area contributed by atoms with Crippen LogP contribution in [0.25, 0.3) is 0 Å². The first-order valence-electron chi connectivity index (χ1n) is 6.58. The lowest BCUT2D eigenvalue weighted by molar-refractivity contribution is -0.140. The first-order valence-corrected chi connectivity index (χ1v) is 6.58. The van der Waals surface area contributed by atoms with Crippen molar-refractivity contribution in [3.05, 3.63) is 0 Å². The minimum absolute atomic E-state index is 0.0790. The Balaban J connectivity index is 2.45. The molecular formula is C13H18N4O3. The zero-order chi connectivity index (χ0) is 15.0. The van der Waals surface area contributed by atoms with E-state index in [-0.39, 0.29) is 44.3 Å². The molecule has 0 radical (unpaired) electrons. The third-order valence-electron chi connectivity index (χ3n) is 3.17. The highest BCUT2D eigenvalue weighted by atomic mass is 16.4. The predicted octanol–water partition coefficient (Wildman–Crippen LogP) is 0.0952. The highest BCUT2D eigenvalue weighted by Crippen LogP contribution is 2.32. The fourth-order valence-electron chi connectivity index (χ4n) is 1.93. The molecule has 1 aliphatic carbocycles. The smallest absolute Gasteiger partial charge is 0.320 e. The molecular weight excluding hydrogens is 260 g/mol. The average Bonchev–Trinajstić information content (AvgIpc) is 3.23. The van der Waals surface area contributed by atoms with Gasteiger partial charge in [-0.25, -0.2) is 0 Å². The normalized spacial score (nSPS) is 14.9. The molecule has 0 aromatic carbocycles. The van der Waals surface area contributed by atoms with Crippen molar-refractivity contribution in [2.45, 2.75) is 31.7 Å². The Morgan fingerprint density at radius 1 is 1.25 bits per heavy atom. The molecule has 0 aromatic heterocycles. The summed E-state index contributed by atoms with van der Waals surface area (Å²) in [6, 6.07) is 3.21. The quantitative estimate of drug-likeness (QED) is 0.617. The van der Waals surface area contributed by atoms with E-state index in [2.05, 4.69) is 5.32 Å². The van der Waals surface area contributed by atoms with Crippen LogP contribution in [0.2, 0.25) is 0 Å².